The van der Waals surface area contributed by atoms with Crippen LogP contribution in [-0.2, 0) is 14.8 Å². The van der Waals surface area contributed by atoms with Crippen LogP contribution in [0.2, 0.25) is 0 Å². The predicted molar refractivity (Wildman–Crippen MR) is 106 cm³/mol. The van der Waals surface area contributed by atoms with Gasteiger partial charge in [0, 0.05) is 19.1 Å². The molecule has 0 spiro atoms. The molecule has 1 amide bonds. The van der Waals surface area contributed by atoms with Gasteiger partial charge in [0.2, 0.25) is 15.9 Å². The third-order valence-electron chi connectivity index (χ3n) is 5.94. The lowest BCUT2D eigenvalue weighted by atomic mass is 10.1. The standard InChI is InChI=1S/C20H31N3O3S/c1-13-8-14(2)19(15(3)9-13)27(25,26)23-7-5-6-18(23)20(24)22-12-17(11-21)10-16(22)4/h8-9,16-18H,5-7,10-12,21H2,1-4H3. The van der Waals surface area contributed by atoms with Crippen LogP contribution in [0.1, 0.15) is 42.9 Å². The number of sulfonamides is 1. The lowest BCUT2D eigenvalue weighted by Crippen LogP contribution is -2.49. The van der Waals surface area contributed by atoms with E-state index in [1.165, 1.54) is 4.31 Å². The van der Waals surface area contributed by atoms with Gasteiger partial charge in [0.1, 0.15) is 6.04 Å². The number of carbonyl (C=O) groups is 1. The van der Waals surface area contributed by atoms with Gasteiger partial charge in [0.25, 0.3) is 0 Å². The number of nitrogens with two attached hydrogens (primary N) is 1. The largest absolute Gasteiger partial charge is 0.338 e. The molecule has 3 atom stereocenters. The lowest BCUT2D eigenvalue weighted by Gasteiger charge is -2.30. The fourth-order valence-electron chi connectivity index (χ4n) is 4.78. The summed E-state index contributed by atoms with van der Waals surface area (Å²) in [6.07, 6.45) is 2.18. The molecule has 3 rings (SSSR count). The van der Waals surface area contributed by atoms with Gasteiger partial charge in [-0.2, -0.15) is 4.31 Å². The van der Waals surface area contributed by atoms with Gasteiger partial charge < -0.3 is 10.6 Å². The number of benzene rings is 1. The summed E-state index contributed by atoms with van der Waals surface area (Å²) >= 11 is 0. The lowest BCUT2D eigenvalue weighted by molar-refractivity contribution is -0.135. The van der Waals surface area contributed by atoms with Gasteiger partial charge in [0.15, 0.2) is 0 Å². The molecule has 0 aromatic heterocycles. The second-order valence-electron chi connectivity index (χ2n) is 8.18. The summed E-state index contributed by atoms with van der Waals surface area (Å²) in [5, 5.41) is 0. The van der Waals surface area contributed by atoms with E-state index in [0.29, 0.717) is 43.3 Å². The Labute approximate surface area is 162 Å². The van der Waals surface area contributed by atoms with E-state index in [9.17, 15) is 13.2 Å². The van der Waals surface area contributed by atoms with E-state index in [0.717, 1.165) is 23.1 Å². The third-order valence-corrected chi connectivity index (χ3v) is 8.15. The Morgan fingerprint density at radius 3 is 2.41 bits per heavy atom. The van der Waals surface area contributed by atoms with Crippen molar-refractivity contribution < 1.29 is 13.2 Å². The molecule has 150 valence electrons. The van der Waals surface area contributed by atoms with Crippen molar-refractivity contribution in [1.82, 2.24) is 9.21 Å². The molecule has 0 aliphatic carbocycles. The SMILES string of the molecule is Cc1cc(C)c(S(=O)(=O)N2CCCC2C(=O)N2CC(CN)CC2C)c(C)c1. The van der Waals surface area contributed by atoms with Crippen molar-refractivity contribution in [2.75, 3.05) is 19.6 Å². The minimum absolute atomic E-state index is 0.0676. The van der Waals surface area contributed by atoms with E-state index in [1.807, 2.05) is 44.7 Å². The van der Waals surface area contributed by atoms with Gasteiger partial charge in [-0.15, -0.1) is 0 Å². The summed E-state index contributed by atoms with van der Waals surface area (Å²) in [6, 6.07) is 3.29. The summed E-state index contributed by atoms with van der Waals surface area (Å²) in [5.74, 6) is 0.235. The molecular formula is C20H31N3O3S. The van der Waals surface area contributed by atoms with Crippen LogP contribution in [0.5, 0.6) is 0 Å². The Bertz CT molecular complexity index is 814. The van der Waals surface area contributed by atoms with Crippen LogP contribution in [0.15, 0.2) is 17.0 Å². The molecule has 2 N–H and O–H groups in total. The van der Waals surface area contributed by atoms with E-state index < -0.39 is 16.1 Å². The highest BCUT2D eigenvalue weighted by atomic mass is 32.2. The second kappa shape index (κ2) is 7.53. The van der Waals surface area contributed by atoms with Gasteiger partial charge in [-0.3, -0.25) is 4.79 Å². The molecule has 6 nitrogen and oxygen atoms in total. The van der Waals surface area contributed by atoms with Crippen molar-refractivity contribution in [2.24, 2.45) is 11.7 Å². The minimum atomic E-state index is -3.72. The van der Waals surface area contributed by atoms with Crippen LogP contribution >= 0.6 is 0 Å². The highest BCUT2D eigenvalue weighted by Gasteiger charge is 2.44. The molecule has 0 saturated carbocycles. The summed E-state index contributed by atoms with van der Waals surface area (Å²) in [6.45, 7) is 9.22. The van der Waals surface area contributed by atoms with E-state index in [2.05, 4.69) is 0 Å². The van der Waals surface area contributed by atoms with Crippen LogP contribution in [-0.4, -0.2) is 55.2 Å². The average molecular weight is 394 g/mol. The van der Waals surface area contributed by atoms with Crippen LogP contribution in [0.25, 0.3) is 0 Å². The quantitative estimate of drug-likeness (QED) is 0.848. The molecule has 1 aromatic carbocycles. The normalized spacial score (nSPS) is 26.7. The Hall–Kier alpha value is -1.44. The topological polar surface area (TPSA) is 83.7 Å². The number of aryl methyl sites for hydroxylation is 3. The van der Waals surface area contributed by atoms with Gasteiger partial charge in [-0.05, 0) is 70.5 Å². The third kappa shape index (κ3) is 3.65. The maximum Gasteiger partial charge on any atom is 0.244 e. The van der Waals surface area contributed by atoms with Crippen molar-refractivity contribution in [3.8, 4) is 0 Å². The molecule has 3 unspecified atom stereocenters. The molecule has 0 bridgehead atoms. The molecule has 7 heteroatoms. The van der Waals surface area contributed by atoms with Crippen molar-refractivity contribution in [3.63, 3.8) is 0 Å². The van der Waals surface area contributed by atoms with Gasteiger partial charge >= 0.3 is 0 Å². The van der Waals surface area contributed by atoms with Crippen LogP contribution in [0.4, 0.5) is 0 Å². The average Bonchev–Trinajstić information content (AvgIpc) is 3.19. The summed E-state index contributed by atoms with van der Waals surface area (Å²) in [7, 11) is -3.72. The molecule has 0 radical (unpaired) electrons. The number of hydrogen-bond acceptors (Lipinski definition) is 4. The molecular weight excluding hydrogens is 362 g/mol. The molecule has 2 fully saturated rings. The monoisotopic (exact) mass is 393 g/mol. The summed E-state index contributed by atoms with van der Waals surface area (Å²) in [4.78, 5) is 15.4. The predicted octanol–water partition coefficient (Wildman–Crippen LogP) is 1.96. The zero-order valence-corrected chi connectivity index (χ0v) is 17.6. The maximum atomic E-state index is 13.5. The number of hydrogen-bond donors (Lipinski definition) is 1. The van der Waals surface area contributed by atoms with Crippen LogP contribution in [0, 0.1) is 26.7 Å². The van der Waals surface area contributed by atoms with Crippen LogP contribution in [0.3, 0.4) is 0 Å². The highest BCUT2D eigenvalue weighted by molar-refractivity contribution is 7.89. The fourth-order valence-corrected chi connectivity index (χ4v) is 6.84. The zero-order chi connectivity index (χ0) is 19.9. The first-order valence-electron chi connectivity index (χ1n) is 9.77. The molecule has 2 aliphatic heterocycles. The van der Waals surface area contributed by atoms with E-state index >= 15 is 0 Å². The summed E-state index contributed by atoms with van der Waals surface area (Å²) in [5.41, 5.74) is 8.30. The fraction of sp³-hybridized carbons (Fsp3) is 0.650. The smallest absolute Gasteiger partial charge is 0.244 e. The second-order valence-corrected chi connectivity index (χ2v) is 10.0. The molecule has 2 aliphatic rings. The van der Waals surface area contributed by atoms with Gasteiger partial charge in [-0.1, -0.05) is 17.7 Å². The first-order valence-corrected chi connectivity index (χ1v) is 11.2. The molecule has 2 heterocycles. The minimum Gasteiger partial charge on any atom is -0.338 e. The first-order chi connectivity index (χ1) is 12.7. The van der Waals surface area contributed by atoms with Crippen LogP contribution < -0.4 is 5.73 Å². The number of amides is 1. The maximum absolute atomic E-state index is 13.5. The molecule has 2 saturated heterocycles. The number of rotatable bonds is 4. The summed E-state index contributed by atoms with van der Waals surface area (Å²) < 4.78 is 28.3. The number of likely N-dealkylation sites (tertiary alicyclic amines) is 1. The highest BCUT2D eigenvalue weighted by Crippen LogP contribution is 2.33. The van der Waals surface area contributed by atoms with Crippen molar-refractivity contribution >= 4 is 15.9 Å². The van der Waals surface area contributed by atoms with Gasteiger partial charge in [0.05, 0.1) is 4.90 Å². The Morgan fingerprint density at radius 2 is 1.85 bits per heavy atom. The van der Waals surface area contributed by atoms with E-state index in [1.54, 1.807) is 0 Å². The first kappa shape index (κ1) is 20.3. The Balaban J connectivity index is 1.91. The Kier molecular flexibility index (Phi) is 5.66. The molecule has 27 heavy (non-hydrogen) atoms. The van der Waals surface area contributed by atoms with Crippen molar-refractivity contribution in [1.29, 1.82) is 0 Å². The van der Waals surface area contributed by atoms with Crippen molar-refractivity contribution in [2.45, 2.75) is 63.9 Å². The van der Waals surface area contributed by atoms with E-state index in [4.69, 9.17) is 5.73 Å². The van der Waals surface area contributed by atoms with Crippen molar-refractivity contribution in [3.05, 3.63) is 28.8 Å². The zero-order valence-electron chi connectivity index (χ0n) is 16.7. The molecule has 1 aromatic rings. The van der Waals surface area contributed by atoms with E-state index in [-0.39, 0.29) is 11.9 Å². The Morgan fingerprint density at radius 1 is 1.22 bits per heavy atom. The number of carbonyl (C=O) groups excluding carboxylic acids is 1. The number of nitrogens with zero attached hydrogens (tertiary/aromatic N) is 2. The van der Waals surface area contributed by atoms with Gasteiger partial charge in [-0.25, -0.2) is 8.42 Å².